The van der Waals surface area contributed by atoms with Gasteiger partial charge in [-0.3, -0.25) is 0 Å². The number of nitrogens with zero attached hydrogens (tertiary/aromatic N) is 2. The molecule has 3 aromatic rings. The molecule has 0 unspecified atom stereocenters. The maximum Gasteiger partial charge on any atom is 0.151 e. The summed E-state index contributed by atoms with van der Waals surface area (Å²) in [5.41, 5.74) is 2.56. The first-order valence-electron chi connectivity index (χ1n) is 8.50. The Morgan fingerprint density at radius 1 is 1.22 bits per heavy atom. The Morgan fingerprint density at radius 2 is 2.00 bits per heavy atom. The predicted molar refractivity (Wildman–Crippen MR) is 98.1 cm³/mol. The van der Waals surface area contributed by atoms with Gasteiger partial charge in [0, 0.05) is 41.5 Å². The number of rotatable bonds is 6. The maximum absolute atomic E-state index is 14.0. The van der Waals surface area contributed by atoms with Gasteiger partial charge in [0.05, 0.1) is 13.3 Å². The number of hydrogen-bond donors (Lipinski definition) is 2. The van der Waals surface area contributed by atoms with E-state index in [-0.39, 0.29) is 17.5 Å². The molecule has 142 valence electrons. The summed E-state index contributed by atoms with van der Waals surface area (Å²) < 4.78 is 33.7. The first-order valence-corrected chi connectivity index (χ1v) is 8.50. The van der Waals surface area contributed by atoms with Crippen molar-refractivity contribution in [1.82, 2.24) is 15.1 Å². The van der Waals surface area contributed by atoms with E-state index in [1.807, 2.05) is 13.8 Å². The molecular formula is C20H21F2N3O2. The normalized spacial score (nSPS) is 12.2. The molecule has 1 atom stereocenters. The lowest BCUT2D eigenvalue weighted by molar-refractivity contribution is 0.405. The Balaban J connectivity index is 1.76. The number of ether oxygens (including phenoxy) is 1. The number of hydrogen-bond acceptors (Lipinski definition) is 4. The summed E-state index contributed by atoms with van der Waals surface area (Å²) in [7, 11) is 1.54. The summed E-state index contributed by atoms with van der Waals surface area (Å²) in [6, 6.07) is 8.44. The van der Waals surface area contributed by atoms with Crippen molar-refractivity contribution in [1.29, 1.82) is 0 Å². The van der Waals surface area contributed by atoms with Crippen LogP contribution in [0.25, 0.3) is 5.69 Å². The van der Waals surface area contributed by atoms with Crippen LogP contribution in [-0.4, -0.2) is 22.0 Å². The molecule has 3 rings (SSSR count). The lowest BCUT2D eigenvalue weighted by Crippen LogP contribution is -2.18. The summed E-state index contributed by atoms with van der Waals surface area (Å²) in [5, 5.41) is 17.6. The minimum atomic E-state index is -0.670. The van der Waals surface area contributed by atoms with Crippen LogP contribution in [0.15, 0.2) is 42.6 Å². The molecule has 0 amide bonds. The standard InChI is InChI=1S/C20H21F2N3O2/c1-12(23-10-14-4-6-16(27-3)9-20(14)26)17-11-24-25(13(17)2)19-7-5-15(21)8-18(19)22/h4-9,11-12,23,26H,10H2,1-3H3/t12-/m0/s1. The van der Waals surface area contributed by atoms with Crippen LogP contribution in [0, 0.1) is 18.6 Å². The van der Waals surface area contributed by atoms with Crippen LogP contribution in [-0.2, 0) is 6.54 Å². The van der Waals surface area contributed by atoms with Crippen LogP contribution in [0.5, 0.6) is 11.5 Å². The number of benzene rings is 2. The number of nitrogens with one attached hydrogen (secondary N) is 1. The number of phenolic OH excluding ortho intramolecular Hbond substituents is 1. The fraction of sp³-hybridized carbons (Fsp3) is 0.250. The van der Waals surface area contributed by atoms with E-state index in [0.29, 0.717) is 12.3 Å². The SMILES string of the molecule is COc1ccc(CN[C@@H](C)c2cnn(-c3ccc(F)cc3F)c2C)c(O)c1. The third-order valence-corrected chi connectivity index (χ3v) is 4.54. The van der Waals surface area contributed by atoms with Gasteiger partial charge in [0.25, 0.3) is 0 Å². The van der Waals surface area contributed by atoms with Crippen LogP contribution in [0.2, 0.25) is 0 Å². The lowest BCUT2D eigenvalue weighted by atomic mass is 10.1. The van der Waals surface area contributed by atoms with Crippen LogP contribution in [0.1, 0.15) is 29.8 Å². The number of aromatic nitrogens is 2. The second kappa shape index (κ2) is 7.75. The van der Waals surface area contributed by atoms with Crippen LogP contribution in [0.4, 0.5) is 8.78 Å². The van der Waals surface area contributed by atoms with Crippen molar-refractivity contribution in [3.8, 4) is 17.2 Å². The van der Waals surface area contributed by atoms with Gasteiger partial charge in [0.2, 0.25) is 0 Å². The monoisotopic (exact) mass is 373 g/mol. The van der Waals surface area contributed by atoms with Crippen LogP contribution < -0.4 is 10.1 Å². The summed E-state index contributed by atoms with van der Waals surface area (Å²) in [5.74, 6) is -0.565. The first-order chi connectivity index (χ1) is 12.9. The largest absolute Gasteiger partial charge is 0.507 e. The van der Waals surface area contributed by atoms with Gasteiger partial charge < -0.3 is 15.2 Å². The molecule has 0 aliphatic heterocycles. The molecule has 0 aliphatic rings. The molecule has 0 fully saturated rings. The topological polar surface area (TPSA) is 59.3 Å². The van der Waals surface area contributed by atoms with Crippen molar-refractivity contribution < 1.29 is 18.6 Å². The fourth-order valence-corrected chi connectivity index (χ4v) is 2.94. The van der Waals surface area contributed by atoms with E-state index in [4.69, 9.17) is 4.74 Å². The van der Waals surface area contributed by atoms with Crippen molar-refractivity contribution in [2.75, 3.05) is 7.11 Å². The van der Waals surface area contributed by atoms with Crippen molar-refractivity contribution >= 4 is 0 Å². The quantitative estimate of drug-likeness (QED) is 0.685. The van der Waals surface area contributed by atoms with Crippen molar-refractivity contribution in [2.24, 2.45) is 0 Å². The molecule has 2 N–H and O–H groups in total. The Hall–Kier alpha value is -2.93. The van der Waals surface area contributed by atoms with E-state index >= 15 is 0 Å². The molecule has 0 spiro atoms. The highest BCUT2D eigenvalue weighted by Gasteiger charge is 2.17. The molecule has 0 aliphatic carbocycles. The van der Waals surface area contributed by atoms with Crippen molar-refractivity contribution in [3.63, 3.8) is 0 Å². The number of phenols is 1. The van der Waals surface area contributed by atoms with E-state index in [2.05, 4.69) is 10.4 Å². The molecular weight excluding hydrogens is 352 g/mol. The molecule has 5 nitrogen and oxygen atoms in total. The van der Waals surface area contributed by atoms with E-state index in [0.717, 1.165) is 22.9 Å². The summed E-state index contributed by atoms with van der Waals surface area (Å²) in [6.45, 7) is 4.22. The zero-order valence-corrected chi connectivity index (χ0v) is 15.3. The number of aromatic hydroxyl groups is 1. The Kier molecular flexibility index (Phi) is 5.41. The lowest BCUT2D eigenvalue weighted by Gasteiger charge is -2.15. The molecule has 1 heterocycles. The molecule has 0 saturated carbocycles. The van der Waals surface area contributed by atoms with Gasteiger partial charge >= 0.3 is 0 Å². The van der Waals surface area contributed by atoms with E-state index in [9.17, 15) is 13.9 Å². The van der Waals surface area contributed by atoms with Gasteiger partial charge in [-0.05, 0) is 32.0 Å². The fourth-order valence-electron chi connectivity index (χ4n) is 2.94. The Morgan fingerprint density at radius 3 is 2.67 bits per heavy atom. The minimum Gasteiger partial charge on any atom is -0.507 e. The predicted octanol–water partition coefficient (Wildman–Crippen LogP) is 4.02. The van der Waals surface area contributed by atoms with Gasteiger partial charge in [0.1, 0.15) is 23.0 Å². The smallest absolute Gasteiger partial charge is 0.151 e. The summed E-state index contributed by atoms with van der Waals surface area (Å²) in [4.78, 5) is 0. The third-order valence-electron chi connectivity index (χ3n) is 4.54. The average molecular weight is 373 g/mol. The molecule has 0 bridgehead atoms. The van der Waals surface area contributed by atoms with Crippen LogP contribution in [0.3, 0.4) is 0 Å². The molecule has 27 heavy (non-hydrogen) atoms. The van der Waals surface area contributed by atoms with E-state index in [1.54, 1.807) is 31.5 Å². The molecule has 7 heteroatoms. The second-order valence-electron chi connectivity index (χ2n) is 6.29. The maximum atomic E-state index is 14.0. The first kappa shape index (κ1) is 18.8. The summed E-state index contributed by atoms with van der Waals surface area (Å²) >= 11 is 0. The van der Waals surface area contributed by atoms with Gasteiger partial charge in [0.15, 0.2) is 5.82 Å². The molecule has 1 aromatic heterocycles. The van der Waals surface area contributed by atoms with E-state index < -0.39 is 11.6 Å². The van der Waals surface area contributed by atoms with Crippen molar-refractivity contribution in [3.05, 3.63) is 71.1 Å². The zero-order valence-electron chi connectivity index (χ0n) is 15.3. The molecule has 0 radical (unpaired) electrons. The zero-order chi connectivity index (χ0) is 19.6. The molecule has 2 aromatic carbocycles. The van der Waals surface area contributed by atoms with Crippen molar-refractivity contribution in [2.45, 2.75) is 26.4 Å². The van der Waals surface area contributed by atoms with Gasteiger partial charge in [-0.25, -0.2) is 13.5 Å². The minimum absolute atomic E-state index is 0.0937. The highest BCUT2D eigenvalue weighted by molar-refractivity contribution is 5.40. The highest BCUT2D eigenvalue weighted by atomic mass is 19.1. The van der Waals surface area contributed by atoms with Gasteiger partial charge in [-0.2, -0.15) is 5.10 Å². The van der Waals surface area contributed by atoms with Crippen LogP contribution >= 0.6 is 0 Å². The summed E-state index contributed by atoms with van der Waals surface area (Å²) in [6.07, 6.45) is 1.66. The van der Waals surface area contributed by atoms with E-state index in [1.165, 1.54) is 16.8 Å². The average Bonchev–Trinajstić information content (AvgIpc) is 3.01. The van der Waals surface area contributed by atoms with Gasteiger partial charge in [-0.15, -0.1) is 0 Å². The number of halogens is 2. The Labute approximate surface area is 156 Å². The second-order valence-corrected chi connectivity index (χ2v) is 6.29. The Bertz CT molecular complexity index is 956. The molecule has 0 saturated heterocycles. The third kappa shape index (κ3) is 3.93. The van der Waals surface area contributed by atoms with Gasteiger partial charge in [-0.1, -0.05) is 6.07 Å². The highest BCUT2D eigenvalue weighted by Crippen LogP contribution is 2.25. The number of methoxy groups -OCH3 is 1.